The molecule has 4 aliphatic rings. The minimum Gasteiger partial charge on any atom is -0.390 e. The number of piperidine rings is 1. The van der Waals surface area contributed by atoms with Gasteiger partial charge in [0.05, 0.1) is 5.60 Å². The minimum atomic E-state index is -0.458. The van der Waals surface area contributed by atoms with Crippen molar-refractivity contribution in [3.05, 3.63) is 23.5 Å². The Kier molecular flexibility index (Phi) is 5.54. The molecule has 0 amide bonds. The number of fused-ring (bicyclic) bond motifs is 1. The first-order chi connectivity index (χ1) is 13.1. The number of hydrogen-bond donors (Lipinski definition) is 1. The molecule has 27 heavy (non-hydrogen) atoms. The van der Waals surface area contributed by atoms with Crippen molar-refractivity contribution in [2.75, 3.05) is 19.6 Å². The molecular weight excluding hydrogens is 334 g/mol. The van der Waals surface area contributed by atoms with E-state index in [4.69, 9.17) is 9.98 Å². The Morgan fingerprint density at radius 2 is 1.85 bits per heavy atom. The largest absolute Gasteiger partial charge is 0.390 e. The molecule has 0 bridgehead atoms. The number of allylic oxidation sites excluding steroid dienone is 3. The molecule has 0 radical (unpaired) electrons. The van der Waals surface area contributed by atoms with Crippen molar-refractivity contribution in [2.24, 2.45) is 21.8 Å². The molecule has 0 aromatic heterocycles. The molecule has 0 aromatic carbocycles. The van der Waals surface area contributed by atoms with Crippen LogP contribution in [0.3, 0.4) is 0 Å². The summed E-state index contributed by atoms with van der Waals surface area (Å²) in [5.41, 5.74) is 4.60. The first kappa shape index (κ1) is 18.9. The van der Waals surface area contributed by atoms with Crippen molar-refractivity contribution in [3.63, 3.8) is 0 Å². The van der Waals surface area contributed by atoms with Crippen molar-refractivity contribution >= 4 is 11.4 Å². The van der Waals surface area contributed by atoms with Crippen LogP contribution in [0.25, 0.3) is 0 Å². The highest BCUT2D eigenvalue weighted by molar-refractivity contribution is 6.00. The lowest BCUT2D eigenvalue weighted by atomic mass is 9.83. The zero-order valence-electron chi connectivity index (χ0n) is 17.1. The maximum atomic E-state index is 10.5. The molecule has 3 aliphatic heterocycles. The van der Waals surface area contributed by atoms with E-state index >= 15 is 0 Å². The molecule has 1 saturated carbocycles. The van der Waals surface area contributed by atoms with E-state index in [2.05, 4.69) is 30.9 Å². The van der Waals surface area contributed by atoms with Gasteiger partial charge in [-0.25, -0.2) is 0 Å². The van der Waals surface area contributed by atoms with Gasteiger partial charge in [-0.05, 0) is 57.6 Å². The van der Waals surface area contributed by atoms with Crippen LogP contribution in [0.5, 0.6) is 0 Å². The Morgan fingerprint density at radius 1 is 1.11 bits per heavy atom. The SMILES string of the molecule is CCC1(O)CCN(C2=CC(C)=NC3=CC(C4CCCCC4)=NCC3C2)CC1. The van der Waals surface area contributed by atoms with E-state index in [0.717, 1.165) is 51.0 Å². The topological polar surface area (TPSA) is 48.2 Å². The molecule has 4 heteroatoms. The Labute approximate surface area is 164 Å². The van der Waals surface area contributed by atoms with E-state index in [1.807, 2.05) is 0 Å². The van der Waals surface area contributed by atoms with Gasteiger partial charge < -0.3 is 10.0 Å². The third-order valence-corrected chi connectivity index (χ3v) is 7.13. The summed E-state index contributed by atoms with van der Waals surface area (Å²) in [5, 5.41) is 10.5. The number of hydrogen-bond acceptors (Lipinski definition) is 4. The molecule has 1 aliphatic carbocycles. The number of rotatable bonds is 3. The molecule has 1 N–H and O–H groups in total. The Balaban J connectivity index is 1.46. The molecule has 4 rings (SSSR count). The highest BCUT2D eigenvalue weighted by atomic mass is 16.3. The van der Waals surface area contributed by atoms with E-state index < -0.39 is 5.60 Å². The molecule has 148 valence electrons. The van der Waals surface area contributed by atoms with Crippen LogP contribution in [0.1, 0.15) is 71.6 Å². The average molecular weight is 370 g/mol. The van der Waals surface area contributed by atoms with E-state index in [9.17, 15) is 5.11 Å². The molecule has 1 atom stereocenters. The Bertz CT molecular complexity index is 674. The fourth-order valence-electron chi connectivity index (χ4n) is 5.13. The average Bonchev–Trinajstić information content (AvgIpc) is 2.86. The molecule has 4 nitrogen and oxygen atoms in total. The van der Waals surface area contributed by atoms with Gasteiger partial charge in [-0.1, -0.05) is 26.2 Å². The number of aliphatic imine (C=N–C) groups is 2. The maximum absolute atomic E-state index is 10.5. The first-order valence-electron chi connectivity index (χ1n) is 11.1. The fourth-order valence-corrected chi connectivity index (χ4v) is 5.13. The summed E-state index contributed by atoms with van der Waals surface area (Å²) >= 11 is 0. The summed E-state index contributed by atoms with van der Waals surface area (Å²) in [5.74, 6) is 1.07. The van der Waals surface area contributed by atoms with Gasteiger partial charge in [-0.15, -0.1) is 0 Å². The molecule has 3 heterocycles. The molecule has 2 fully saturated rings. The van der Waals surface area contributed by atoms with E-state index in [0.29, 0.717) is 11.8 Å². The van der Waals surface area contributed by atoms with Crippen LogP contribution in [0.2, 0.25) is 0 Å². The number of likely N-dealkylation sites (tertiary alicyclic amines) is 1. The van der Waals surface area contributed by atoms with Crippen LogP contribution >= 0.6 is 0 Å². The molecule has 1 saturated heterocycles. The first-order valence-corrected chi connectivity index (χ1v) is 11.1. The monoisotopic (exact) mass is 369 g/mol. The highest BCUT2D eigenvalue weighted by Gasteiger charge is 2.33. The maximum Gasteiger partial charge on any atom is 0.0678 e. The predicted octanol–water partition coefficient (Wildman–Crippen LogP) is 4.51. The normalized spacial score (nSPS) is 29.1. The van der Waals surface area contributed by atoms with Crippen molar-refractivity contribution in [3.8, 4) is 0 Å². The van der Waals surface area contributed by atoms with Crippen LogP contribution in [0, 0.1) is 11.8 Å². The van der Waals surface area contributed by atoms with Gasteiger partial charge in [0.15, 0.2) is 0 Å². The van der Waals surface area contributed by atoms with Crippen LogP contribution in [-0.2, 0) is 0 Å². The van der Waals surface area contributed by atoms with Gasteiger partial charge in [0.1, 0.15) is 0 Å². The van der Waals surface area contributed by atoms with Gasteiger partial charge in [0.2, 0.25) is 0 Å². The van der Waals surface area contributed by atoms with Crippen molar-refractivity contribution < 1.29 is 5.11 Å². The van der Waals surface area contributed by atoms with E-state index in [1.165, 1.54) is 49.2 Å². The van der Waals surface area contributed by atoms with Gasteiger partial charge in [0.25, 0.3) is 0 Å². The summed E-state index contributed by atoms with van der Waals surface area (Å²) < 4.78 is 0. The summed E-state index contributed by atoms with van der Waals surface area (Å²) in [6.07, 6.45) is 14.9. The molecule has 0 spiro atoms. The van der Waals surface area contributed by atoms with Gasteiger partial charge >= 0.3 is 0 Å². The van der Waals surface area contributed by atoms with E-state index in [-0.39, 0.29) is 0 Å². The highest BCUT2D eigenvalue weighted by Crippen LogP contribution is 2.35. The fraction of sp³-hybridized carbons (Fsp3) is 0.739. The molecule has 0 aromatic rings. The lowest BCUT2D eigenvalue weighted by Crippen LogP contribution is -2.43. The van der Waals surface area contributed by atoms with Crippen LogP contribution < -0.4 is 0 Å². The third kappa shape index (κ3) is 4.21. The zero-order valence-corrected chi connectivity index (χ0v) is 17.1. The predicted molar refractivity (Wildman–Crippen MR) is 112 cm³/mol. The van der Waals surface area contributed by atoms with Crippen molar-refractivity contribution in [2.45, 2.75) is 77.2 Å². The van der Waals surface area contributed by atoms with Crippen molar-refractivity contribution in [1.29, 1.82) is 0 Å². The van der Waals surface area contributed by atoms with E-state index in [1.54, 1.807) is 0 Å². The molecule has 1 unspecified atom stereocenters. The van der Waals surface area contributed by atoms with Crippen LogP contribution in [0.15, 0.2) is 33.5 Å². The summed E-state index contributed by atoms with van der Waals surface area (Å²) in [4.78, 5) is 12.5. The third-order valence-electron chi connectivity index (χ3n) is 7.13. The number of dihydropyridines is 1. The number of aliphatic hydroxyl groups is 1. The van der Waals surface area contributed by atoms with Crippen molar-refractivity contribution in [1.82, 2.24) is 4.90 Å². The Hall–Kier alpha value is -1.42. The lowest BCUT2D eigenvalue weighted by Gasteiger charge is -2.40. The number of nitrogens with zero attached hydrogens (tertiary/aromatic N) is 3. The second-order valence-corrected chi connectivity index (χ2v) is 9.02. The zero-order chi connectivity index (χ0) is 18.9. The second-order valence-electron chi connectivity index (χ2n) is 9.02. The summed E-state index contributed by atoms with van der Waals surface area (Å²) in [7, 11) is 0. The summed E-state index contributed by atoms with van der Waals surface area (Å²) in [6.45, 7) is 7.01. The van der Waals surface area contributed by atoms with Gasteiger partial charge in [-0.3, -0.25) is 9.98 Å². The molecular formula is C23H35N3O. The smallest absolute Gasteiger partial charge is 0.0678 e. The van der Waals surface area contributed by atoms with Gasteiger partial charge in [-0.2, -0.15) is 0 Å². The standard InChI is InChI=1S/C23H35N3O/c1-3-23(27)9-11-26(12-10-23)20-13-17(2)25-22-15-21(24-16-19(22)14-20)18-7-5-4-6-8-18/h13,15,18-19,27H,3-12,14,16H2,1-2H3. The summed E-state index contributed by atoms with van der Waals surface area (Å²) in [6, 6.07) is 0. The van der Waals surface area contributed by atoms with Crippen LogP contribution in [0.4, 0.5) is 0 Å². The van der Waals surface area contributed by atoms with Gasteiger partial charge in [0, 0.05) is 54.3 Å². The quantitative estimate of drug-likeness (QED) is 0.796. The second kappa shape index (κ2) is 7.90. The minimum absolute atomic E-state index is 0.410. The lowest BCUT2D eigenvalue weighted by molar-refractivity contribution is -0.0175. The Morgan fingerprint density at radius 3 is 2.56 bits per heavy atom. The van der Waals surface area contributed by atoms with Crippen LogP contribution in [-0.4, -0.2) is 46.7 Å².